The molecule has 0 saturated heterocycles. The number of carboxylic acids is 1. The summed E-state index contributed by atoms with van der Waals surface area (Å²) in [7, 11) is -3.03. The van der Waals surface area contributed by atoms with Crippen molar-refractivity contribution in [1.82, 2.24) is 0 Å². The van der Waals surface area contributed by atoms with Crippen LogP contribution >= 0.6 is 11.6 Å². The van der Waals surface area contributed by atoms with E-state index in [1.165, 1.54) is 23.1 Å². The summed E-state index contributed by atoms with van der Waals surface area (Å²) in [6.07, 6.45) is 0. The van der Waals surface area contributed by atoms with Crippen LogP contribution in [0.3, 0.4) is 0 Å². The van der Waals surface area contributed by atoms with Crippen LogP contribution in [-0.2, 0) is 16.1 Å². The molecule has 7 heteroatoms. The summed E-state index contributed by atoms with van der Waals surface area (Å²) in [4.78, 5) is 27.1. The highest BCUT2D eigenvalue weighted by atomic mass is 35.5. The number of rotatable bonds is 3. The van der Waals surface area contributed by atoms with Gasteiger partial charge in [0.2, 0.25) is 0 Å². The number of carbonyl (C=O) groups is 2. The molecule has 0 bridgehead atoms. The number of anilines is 1. The summed E-state index contributed by atoms with van der Waals surface area (Å²) >= 11 is 6.09. The van der Waals surface area contributed by atoms with Gasteiger partial charge in [-0.05, 0) is 53.9 Å². The summed E-state index contributed by atoms with van der Waals surface area (Å²) < 4.78 is 13.7. The van der Waals surface area contributed by atoms with E-state index in [2.05, 4.69) is 5.87 Å². The highest BCUT2D eigenvalue weighted by molar-refractivity contribution is 8.00. The van der Waals surface area contributed by atoms with Gasteiger partial charge in [0.25, 0.3) is 5.91 Å². The Morgan fingerprint density at radius 2 is 1.79 bits per heavy atom. The summed E-state index contributed by atoms with van der Waals surface area (Å²) in [6, 6.07) is 17.9. The number of benzene rings is 3. The zero-order valence-corrected chi connectivity index (χ0v) is 16.7. The molecule has 1 heterocycles. The minimum absolute atomic E-state index is 0.00574. The molecule has 4 rings (SSSR count). The number of nitrogens with zero attached hydrogens (tertiary/aromatic N) is 1. The van der Waals surface area contributed by atoms with Gasteiger partial charge in [-0.1, -0.05) is 35.9 Å². The second-order valence-electron chi connectivity index (χ2n) is 6.68. The lowest BCUT2D eigenvalue weighted by Crippen LogP contribution is -2.30. The third-order valence-electron chi connectivity index (χ3n) is 4.80. The Morgan fingerprint density at radius 1 is 1.03 bits per heavy atom. The van der Waals surface area contributed by atoms with Crippen LogP contribution in [0.15, 0.2) is 76.5 Å². The molecule has 146 valence electrons. The Balaban J connectivity index is 2.00. The first kappa shape index (κ1) is 19.2. The predicted molar refractivity (Wildman–Crippen MR) is 114 cm³/mol. The Bertz CT molecular complexity index is 1270. The van der Waals surface area contributed by atoms with Crippen LogP contribution in [0, 0.1) is 0 Å². The molecule has 3 aromatic rings. The number of carbonyl (C=O) groups excluding carboxylic acids is 1. The van der Waals surface area contributed by atoms with E-state index < -0.39 is 15.5 Å². The lowest BCUT2D eigenvalue weighted by atomic mass is 10.1. The maximum absolute atomic E-state index is 13.7. The van der Waals surface area contributed by atoms with Crippen molar-refractivity contribution in [3.8, 4) is 0 Å². The molecule has 1 N–H and O–H groups in total. The van der Waals surface area contributed by atoms with Crippen molar-refractivity contribution >= 4 is 44.6 Å². The van der Waals surface area contributed by atoms with Crippen LogP contribution in [0.2, 0.25) is 5.02 Å². The molecule has 1 aliphatic rings. The predicted octanol–water partition coefficient (Wildman–Crippen LogP) is 4.33. The van der Waals surface area contributed by atoms with E-state index >= 15 is 0 Å². The van der Waals surface area contributed by atoms with Crippen LogP contribution in [0.4, 0.5) is 5.69 Å². The fraction of sp³-hybridized carbons (Fsp3) is 0.0455. The average molecular weight is 426 g/mol. The molecule has 1 atom stereocenters. The number of fused-ring (bicyclic) bond motifs is 2. The first-order chi connectivity index (χ1) is 13.8. The van der Waals surface area contributed by atoms with Gasteiger partial charge in [-0.25, -0.2) is 4.79 Å². The Morgan fingerprint density at radius 3 is 2.52 bits per heavy atom. The number of halogens is 1. The molecule has 0 spiro atoms. The maximum atomic E-state index is 13.7. The van der Waals surface area contributed by atoms with Crippen LogP contribution in [0.25, 0.3) is 0 Å². The summed E-state index contributed by atoms with van der Waals surface area (Å²) in [5, 5.41) is 9.95. The molecule has 0 fully saturated rings. The monoisotopic (exact) mass is 425 g/mol. The van der Waals surface area contributed by atoms with E-state index in [1.807, 2.05) is 6.07 Å². The quantitative estimate of drug-likeness (QED) is 0.633. The van der Waals surface area contributed by atoms with E-state index in [9.17, 15) is 18.9 Å². The van der Waals surface area contributed by atoms with Gasteiger partial charge in [-0.15, -0.1) is 0 Å². The molecule has 1 amide bonds. The van der Waals surface area contributed by atoms with E-state index in [4.69, 9.17) is 11.6 Å². The summed E-state index contributed by atoms with van der Waals surface area (Å²) in [5.74, 6) is 2.40. The van der Waals surface area contributed by atoms with Gasteiger partial charge >= 0.3 is 5.97 Å². The molecule has 0 aliphatic carbocycles. The fourth-order valence-corrected chi connectivity index (χ4v) is 5.47. The van der Waals surface area contributed by atoms with Gasteiger partial charge in [0, 0.05) is 19.4 Å². The largest absolute Gasteiger partial charge is 0.478 e. The second kappa shape index (κ2) is 7.06. The van der Waals surface area contributed by atoms with Crippen molar-refractivity contribution in [2.45, 2.75) is 16.3 Å². The van der Waals surface area contributed by atoms with Crippen molar-refractivity contribution in [3.05, 3.63) is 88.4 Å². The van der Waals surface area contributed by atoms with Crippen molar-refractivity contribution in [2.75, 3.05) is 4.90 Å². The van der Waals surface area contributed by atoms with E-state index in [0.717, 1.165) is 5.56 Å². The van der Waals surface area contributed by atoms with Gasteiger partial charge in [-0.2, -0.15) is 0 Å². The summed E-state index contributed by atoms with van der Waals surface area (Å²) in [5.41, 5.74) is 1.30. The minimum Gasteiger partial charge on any atom is -0.478 e. The molecule has 3 aromatic carbocycles. The average Bonchev–Trinajstić information content (AvgIpc) is 2.76. The Labute approximate surface area is 173 Å². The molecule has 1 aliphatic heterocycles. The molecule has 0 radical (unpaired) electrons. The fourth-order valence-electron chi connectivity index (χ4n) is 3.42. The van der Waals surface area contributed by atoms with Crippen molar-refractivity contribution < 1.29 is 18.9 Å². The zero-order valence-electron chi connectivity index (χ0n) is 15.2. The number of hydrogen-bond acceptors (Lipinski definition) is 3. The standard InChI is InChI=1S/C22H16ClNO4S/c1-29(28)19-8-3-2-7-17(19)21(25)24(13-14-5-4-6-16(23)11-14)18-12-15(22(26)27)9-10-20(18)29/h2-12H,1,13H2,(H,26,27). The van der Waals surface area contributed by atoms with Gasteiger partial charge in [0.15, 0.2) is 0 Å². The lowest BCUT2D eigenvalue weighted by molar-refractivity contribution is 0.0696. The lowest BCUT2D eigenvalue weighted by Gasteiger charge is -2.24. The van der Waals surface area contributed by atoms with Crippen molar-refractivity contribution in [3.63, 3.8) is 0 Å². The molecule has 0 saturated carbocycles. The van der Waals surface area contributed by atoms with E-state index in [0.29, 0.717) is 14.8 Å². The Hall–Kier alpha value is -3.09. The molecule has 29 heavy (non-hydrogen) atoms. The highest BCUT2D eigenvalue weighted by Crippen LogP contribution is 2.38. The van der Waals surface area contributed by atoms with Crippen molar-refractivity contribution in [2.24, 2.45) is 0 Å². The van der Waals surface area contributed by atoms with Crippen LogP contribution < -0.4 is 4.90 Å². The topological polar surface area (TPSA) is 74.7 Å². The normalized spacial score (nSPS) is 18.0. The Kier molecular flexibility index (Phi) is 4.68. The third-order valence-corrected chi connectivity index (χ3v) is 7.16. The van der Waals surface area contributed by atoms with Gasteiger partial charge in [-0.3, -0.25) is 9.00 Å². The van der Waals surface area contributed by atoms with Crippen LogP contribution in [0.1, 0.15) is 26.3 Å². The van der Waals surface area contributed by atoms with E-state index in [1.54, 1.807) is 42.5 Å². The third kappa shape index (κ3) is 3.30. The van der Waals surface area contributed by atoms with Crippen molar-refractivity contribution in [1.29, 1.82) is 0 Å². The first-order valence-electron chi connectivity index (χ1n) is 8.69. The number of aromatic carboxylic acids is 1. The second-order valence-corrected chi connectivity index (χ2v) is 9.35. The smallest absolute Gasteiger partial charge is 0.335 e. The molecular formula is C22H16ClNO4S. The maximum Gasteiger partial charge on any atom is 0.335 e. The van der Waals surface area contributed by atoms with Gasteiger partial charge < -0.3 is 10.0 Å². The first-order valence-corrected chi connectivity index (χ1v) is 10.8. The molecule has 1 unspecified atom stereocenters. The molecular weight excluding hydrogens is 410 g/mol. The molecule has 5 nitrogen and oxygen atoms in total. The van der Waals surface area contributed by atoms with Crippen LogP contribution in [0.5, 0.6) is 0 Å². The number of hydrogen-bond donors (Lipinski definition) is 1. The van der Waals surface area contributed by atoms with E-state index in [-0.39, 0.29) is 29.3 Å². The number of amides is 1. The SMILES string of the molecule is C=S1(=O)c2ccccc2C(=O)N(Cc2cccc(Cl)c2)c2cc(C(=O)O)ccc21. The van der Waals surface area contributed by atoms with Crippen LogP contribution in [-0.4, -0.2) is 27.1 Å². The minimum atomic E-state index is -3.03. The molecule has 0 aromatic heterocycles. The zero-order chi connectivity index (χ0) is 20.8. The summed E-state index contributed by atoms with van der Waals surface area (Å²) in [6.45, 7) is 0.138. The van der Waals surface area contributed by atoms with Gasteiger partial charge in [0.05, 0.1) is 28.3 Å². The number of carboxylic acid groups (broad SMARTS) is 1. The van der Waals surface area contributed by atoms with Gasteiger partial charge in [0.1, 0.15) is 0 Å². The highest BCUT2D eigenvalue weighted by Gasteiger charge is 2.33.